The lowest BCUT2D eigenvalue weighted by Crippen LogP contribution is -2.36. The first-order valence-electron chi connectivity index (χ1n) is 10.2. The monoisotopic (exact) mass is 353 g/mol. The Morgan fingerprint density at radius 3 is 1.92 bits per heavy atom. The topological polar surface area (TPSA) is 57.6 Å². The second-order valence-corrected chi connectivity index (χ2v) is 6.78. The number of hydrogen-bond donors (Lipinski definition) is 1. The number of hydrogen-bond acceptors (Lipinski definition) is 2. The zero-order valence-corrected chi connectivity index (χ0v) is 16.6. The molecule has 0 aliphatic carbocycles. The van der Waals surface area contributed by atoms with Gasteiger partial charge < -0.3 is 10.0 Å². The third kappa shape index (κ3) is 12.7. The third-order valence-electron chi connectivity index (χ3n) is 4.75. The predicted molar refractivity (Wildman–Crippen MR) is 105 cm³/mol. The summed E-state index contributed by atoms with van der Waals surface area (Å²) in [6.07, 6.45) is 15.9. The Hall–Kier alpha value is -1.32. The standard InChI is InChI=1S/C21H39NO3/c1-4-7-8-9-10-11-12-13-14-15-16-17-19(18-20(23)24)21(25)22(5-2)6-3/h4,7,19H,5-6,8-18H2,1-3H3,(H,23,24)/b7-4+. The van der Waals surface area contributed by atoms with Crippen LogP contribution in [0.2, 0.25) is 0 Å². The first-order chi connectivity index (χ1) is 12.1. The summed E-state index contributed by atoms with van der Waals surface area (Å²) in [4.78, 5) is 25.2. The number of allylic oxidation sites excluding steroid dienone is 2. The van der Waals surface area contributed by atoms with Crippen molar-refractivity contribution >= 4 is 11.9 Å². The van der Waals surface area contributed by atoms with Gasteiger partial charge in [-0.05, 0) is 40.0 Å². The molecule has 0 aromatic heterocycles. The molecule has 0 radical (unpaired) electrons. The minimum Gasteiger partial charge on any atom is -0.481 e. The van der Waals surface area contributed by atoms with Gasteiger partial charge in [0, 0.05) is 19.0 Å². The molecule has 0 aromatic carbocycles. The molecule has 0 saturated carbocycles. The highest BCUT2D eigenvalue weighted by Crippen LogP contribution is 2.18. The summed E-state index contributed by atoms with van der Waals surface area (Å²) in [5.74, 6) is -1.22. The van der Waals surface area contributed by atoms with Crippen LogP contribution in [0.25, 0.3) is 0 Å². The van der Waals surface area contributed by atoms with E-state index in [2.05, 4.69) is 19.1 Å². The van der Waals surface area contributed by atoms with Crippen molar-refractivity contribution < 1.29 is 14.7 Å². The van der Waals surface area contributed by atoms with Gasteiger partial charge in [0.1, 0.15) is 0 Å². The van der Waals surface area contributed by atoms with Crippen LogP contribution in [0.1, 0.15) is 91.4 Å². The predicted octanol–water partition coefficient (Wildman–Crippen LogP) is 5.42. The van der Waals surface area contributed by atoms with Crippen LogP contribution in [0.4, 0.5) is 0 Å². The molecule has 0 rings (SSSR count). The summed E-state index contributed by atoms with van der Waals surface area (Å²) in [5, 5.41) is 9.06. The van der Waals surface area contributed by atoms with Crippen LogP contribution in [-0.2, 0) is 9.59 Å². The number of carboxylic acid groups (broad SMARTS) is 1. The van der Waals surface area contributed by atoms with Crippen molar-refractivity contribution in [3.63, 3.8) is 0 Å². The fourth-order valence-corrected chi connectivity index (χ4v) is 3.20. The van der Waals surface area contributed by atoms with Gasteiger partial charge in [-0.25, -0.2) is 0 Å². The fourth-order valence-electron chi connectivity index (χ4n) is 3.20. The van der Waals surface area contributed by atoms with Crippen LogP contribution < -0.4 is 0 Å². The zero-order valence-electron chi connectivity index (χ0n) is 16.6. The Morgan fingerprint density at radius 1 is 0.920 bits per heavy atom. The van der Waals surface area contributed by atoms with E-state index in [1.807, 2.05) is 13.8 Å². The van der Waals surface area contributed by atoms with E-state index in [1.165, 1.54) is 44.9 Å². The van der Waals surface area contributed by atoms with Crippen molar-refractivity contribution in [1.82, 2.24) is 4.90 Å². The van der Waals surface area contributed by atoms with E-state index in [4.69, 9.17) is 5.11 Å². The maximum atomic E-state index is 12.4. The van der Waals surface area contributed by atoms with E-state index in [1.54, 1.807) is 4.90 Å². The second-order valence-electron chi connectivity index (χ2n) is 6.78. The SMILES string of the molecule is C/C=C/CCCCCCCCCCC(CC(=O)O)C(=O)N(CC)CC. The Bertz CT molecular complexity index is 375. The average molecular weight is 354 g/mol. The van der Waals surface area contributed by atoms with Crippen molar-refractivity contribution in [3.05, 3.63) is 12.2 Å². The van der Waals surface area contributed by atoms with Gasteiger partial charge in [0.05, 0.1) is 6.42 Å². The molecule has 0 saturated heterocycles. The number of carbonyl (C=O) groups excluding carboxylic acids is 1. The molecule has 0 spiro atoms. The molecule has 4 heteroatoms. The highest BCUT2D eigenvalue weighted by molar-refractivity contribution is 5.83. The normalized spacial score (nSPS) is 12.4. The molecule has 1 amide bonds. The molecular weight excluding hydrogens is 314 g/mol. The number of carboxylic acids is 1. The van der Waals surface area contributed by atoms with Gasteiger partial charge in [-0.1, -0.05) is 57.1 Å². The summed E-state index contributed by atoms with van der Waals surface area (Å²) in [5.41, 5.74) is 0. The molecule has 4 nitrogen and oxygen atoms in total. The number of carbonyl (C=O) groups is 2. The van der Waals surface area contributed by atoms with Gasteiger partial charge in [-0.2, -0.15) is 0 Å². The molecular formula is C21H39NO3. The van der Waals surface area contributed by atoms with E-state index in [0.29, 0.717) is 19.5 Å². The van der Waals surface area contributed by atoms with Crippen LogP contribution in [0.15, 0.2) is 12.2 Å². The molecule has 0 heterocycles. The number of unbranched alkanes of at least 4 members (excludes halogenated alkanes) is 8. The lowest BCUT2D eigenvalue weighted by Gasteiger charge is -2.24. The summed E-state index contributed by atoms with van der Waals surface area (Å²) < 4.78 is 0. The number of aliphatic carboxylic acids is 1. The van der Waals surface area contributed by atoms with Crippen LogP contribution in [-0.4, -0.2) is 35.0 Å². The smallest absolute Gasteiger partial charge is 0.304 e. The number of nitrogens with zero attached hydrogens (tertiary/aromatic N) is 1. The molecule has 0 aliphatic rings. The van der Waals surface area contributed by atoms with Crippen molar-refractivity contribution in [2.45, 2.75) is 91.4 Å². The highest BCUT2D eigenvalue weighted by atomic mass is 16.4. The highest BCUT2D eigenvalue weighted by Gasteiger charge is 2.24. The van der Waals surface area contributed by atoms with Gasteiger partial charge >= 0.3 is 5.97 Å². The van der Waals surface area contributed by atoms with E-state index in [0.717, 1.165) is 12.8 Å². The van der Waals surface area contributed by atoms with Crippen LogP contribution in [0, 0.1) is 5.92 Å². The van der Waals surface area contributed by atoms with E-state index < -0.39 is 5.97 Å². The molecule has 0 fully saturated rings. The number of amides is 1. The zero-order chi connectivity index (χ0) is 18.9. The van der Waals surface area contributed by atoms with Gasteiger partial charge in [-0.3, -0.25) is 9.59 Å². The maximum absolute atomic E-state index is 12.4. The minimum absolute atomic E-state index is 0.00790. The molecule has 1 unspecified atom stereocenters. The van der Waals surface area contributed by atoms with Gasteiger partial charge in [0.15, 0.2) is 0 Å². The second kappa shape index (κ2) is 16.2. The minimum atomic E-state index is -0.872. The van der Waals surface area contributed by atoms with Crippen LogP contribution >= 0.6 is 0 Å². The van der Waals surface area contributed by atoms with E-state index in [9.17, 15) is 9.59 Å². The Balaban J connectivity index is 3.88. The molecule has 1 N–H and O–H groups in total. The lowest BCUT2D eigenvalue weighted by atomic mass is 9.95. The van der Waals surface area contributed by atoms with Gasteiger partial charge in [-0.15, -0.1) is 0 Å². The Labute approximate surface area is 154 Å². The molecule has 146 valence electrons. The molecule has 25 heavy (non-hydrogen) atoms. The lowest BCUT2D eigenvalue weighted by molar-refractivity contribution is -0.144. The maximum Gasteiger partial charge on any atom is 0.304 e. The quantitative estimate of drug-likeness (QED) is 0.297. The first kappa shape index (κ1) is 23.7. The van der Waals surface area contributed by atoms with Crippen molar-refractivity contribution in [2.75, 3.05) is 13.1 Å². The summed E-state index contributed by atoms with van der Waals surface area (Å²) in [7, 11) is 0. The largest absolute Gasteiger partial charge is 0.481 e. The van der Waals surface area contributed by atoms with Crippen LogP contribution in [0.3, 0.4) is 0 Å². The Kier molecular flexibility index (Phi) is 15.3. The molecule has 1 atom stereocenters. The van der Waals surface area contributed by atoms with E-state index >= 15 is 0 Å². The Morgan fingerprint density at radius 2 is 1.44 bits per heavy atom. The fraction of sp³-hybridized carbons (Fsp3) is 0.810. The molecule has 0 bridgehead atoms. The summed E-state index contributed by atoms with van der Waals surface area (Å²) >= 11 is 0. The van der Waals surface area contributed by atoms with Gasteiger partial charge in [0.2, 0.25) is 5.91 Å². The first-order valence-corrected chi connectivity index (χ1v) is 10.2. The summed E-state index contributed by atoms with van der Waals surface area (Å²) in [6.45, 7) is 7.26. The van der Waals surface area contributed by atoms with Gasteiger partial charge in [0.25, 0.3) is 0 Å². The molecule has 0 aromatic rings. The van der Waals surface area contributed by atoms with E-state index in [-0.39, 0.29) is 18.2 Å². The number of rotatable bonds is 16. The summed E-state index contributed by atoms with van der Waals surface area (Å²) in [6, 6.07) is 0. The third-order valence-corrected chi connectivity index (χ3v) is 4.75. The van der Waals surface area contributed by atoms with Crippen molar-refractivity contribution in [2.24, 2.45) is 5.92 Å². The average Bonchev–Trinajstić information content (AvgIpc) is 2.59. The molecule has 0 aliphatic heterocycles. The van der Waals surface area contributed by atoms with Crippen molar-refractivity contribution in [3.8, 4) is 0 Å². The van der Waals surface area contributed by atoms with Crippen LogP contribution in [0.5, 0.6) is 0 Å². The van der Waals surface area contributed by atoms with Crippen molar-refractivity contribution in [1.29, 1.82) is 0 Å².